The highest BCUT2D eigenvalue weighted by Crippen LogP contribution is 2.23. The number of nitrogens with one attached hydrogen (secondary N) is 1. The molecular formula is C25H24N4O. The molecular weight excluding hydrogens is 372 g/mol. The summed E-state index contributed by atoms with van der Waals surface area (Å²) in [7, 11) is 0. The van der Waals surface area contributed by atoms with Gasteiger partial charge in [0.2, 0.25) is 0 Å². The number of carbonyl (C=O) groups excluding carboxylic acids is 1. The predicted molar refractivity (Wildman–Crippen MR) is 119 cm³/mol. The van der Waals surface area contributed by atoms with Gasteiger partial charge in [0, 0.05) is 29.9 Å². The van der Waals surface area contributed by atoms with Gasteiger partial charge < -0.3 is 5.32 Å². The highest BCUT2D eigenvalue weighted by Gasteiger charge is 2.15. The molecule has 2 aromatic carbocycles. The van der Waals surface area contributed by atoms with Gasteiger partial charge in [-0.05, 0) is 35.6 Å². The van der Waals surface area contributed by atoms with E-state index in [1.807, 2.05) is 48.5 Å². The van der Waals surface area contributed by atoms with E-state index in [1.165, 1.54) is 5.56 Å². The third-order valence-corrected chi connectivity index (χ3v) is 4.85. The van der Waals surface area contributed by atoms with Crippen molar-refractivity contribution in [3.8, 4) is 11.4 Å². The average Bonchev–Trinajstić information content (AvgIpc) is 2.77. The lowest BCUT2D eigenvalue weighted by molar-refractivity contribution is 0.0947. The van der Waals surface area contributed by atoms with Gasteiger partial charge in [-0.25, -0.2) is 9.97 Å². The Morgan fingerprint density at radius 1 is 0.933 bits per heavy atom. The third-order valence-electron chi connectivity index (χ3n) is 4.85. The second-order valence-corrected chi connectivity index (χ2v) is 7.75. The molecule has 0 aliphatic carbocycles. The van der Waals surface area contributed by atoms with Crippen LogP contribution in [0.1, 0.15) is 35.5 Å². The molecule has 5 nitrogen and oxygen atoms in total. The number of amides is 1. The van der Waals surface area contributed by atoms with Crippen LogP contribution < -0.4 is 5.32 Å². The Hall–Kier alpha value is -3.60. The van der Waals surface area contributed by atoms with Gasteiger partial charge in [-0.1, -0.05) is 62.4 Å². The summed E-state index contributed by atoms with van der Waals surface area (Å²) < 4.78 is 0. The maximum Gasteiger partial charge on any atom is 0.270 e. The summed E-state index contributed by atoms with van der Waals surface area (Å²) in [5, 5.41) is 3.68. The van der Waals surface area contributed by atoms with Crippen molar-refractivity contribution in [2.45, 2.75) is 26.8 Å². The highest BCUT2D eigenvalue weighted by molar-refractivity contribution is 6.04. The first kappa shape index (κ1) is 19.7. The molecule has 0 spiro atoms. The van der Waals surface area contributed by atoms with Crippen LogP contribution in [0.5, 0.6) is 0 Å². The zero-order chi connectivity index (χ0) is 20.9. The lowest BCUT2D eigenvalue weighted by atomic mass is 10.0. The van der Waals surface area contributed by atoms with Gasteiger partial charge >= 0.3 is 0 Å². The number of fused-ring (bicyclic) bond motifs is 1. The van der Waals surface area contributed by atoms with Crippen LogP contribution in [0.15, 0.2) is 73.1 Å². The summed E-state index contributed by atoms with van der Waals surface area (Å²) in [4.78, 5) is 26.4. The van der Waals surface area contributed by atoms with Gasteiger partial charge in [-0.2, -0.15) is 0 Å². The molecule has 150 valence electrons. The van der Waals surface area contributed by atoms with E-state index in [0.717, 1.165) is 28.5 Å². The maximum absolute atomic E-state index is 13.0. The SMILES string of the molecule is CC(C)Cc1ccc(-c2nc(C(=O)NCc3cccnc3)c3ccccc3n2)cc1. The highest BCUT2D eigenvalue weighted by atomic mass is 16.1. The largest absolute Gasteiger partial charge is 0.347 e. The van der Waals surface area contributed by atoms with Crippen molar-refractivity contribution >= 4 is 16.8 Å². The van der Waals surface area contributed by atoms with Crippen molar-refractivity contribution in [1.82, 2.24) is 20.3 Å². The molecule has 0 unspecified atom stereocenters. The molecule has 0 saturated carbocycles. The Morgan fingerprint density at radius 2 is 1.73 bits per heavy atom. The van der Waals surface area contributed by atoms with Crippen LogP contribution >= 0.6 is 0 Å². The first-order valence-electron chi connectivity index (χ1n) is 10.1. The molecule has 4 aromatic rings. The van der Waals surface area contributed by atoms with Gasteiger partial charge in [-0.15, -0.1) is 0 Å². The molecule has 0 radical (unpaired) electrons. The molecule has 1 N–H and O–H groups in total. The number of para-hydroxylation sites is 1. The van der Waals surface area contributed by atoms with Crippen molar-refractivity contribution < 1.29 is 4.79 Å². The van der Waals surface area contributed by atoms with Crippen LogP contribution in [0.4, 0.5) is 0 Å². The Balaban J connectivity index is 1.66. The summed E-state index contributed by atoms with van der Waals surface area (Å²) in [6, 6.07) is 19.6. The van der Waals surface area contributed by atoms with E-state index < -0.39 is 0 Å². The minimum Gasteiger partial charge on any atom is -0.347 e. The Labute approximate surface area is 176 Å². The number of benzene rings is 2. The fourth-order valence-corrected chi connectivity index (χ4v) is 3.41. The number of nitrogens with zero attached hydrogens (tertiary/aromatic N) is 3. The molecule has 0 saturated heterocycles. The van der Waals surface area contributed by atoms with Crippen LogP contribution in [0.3, 0.4) is 0 Å². The molecule has 2 aromatic heterocycles. The Kier molecular flexibility index (Phi) is 5.80. The van der Waals surface area contributed by atoms with Crippen LogP contribution in [-0.2, 0) is 13.0 Å². The van der Waals surface area contributed by atoms with E-state index in [1.54, 1.807) is 12.4 Å². The second-order valence-electron chi connectivity index (χ2n) is 7.75. The normalized spacial score (nSPS) is 11.0. The fourth-order valence-electron chi connectivity index (χ4n) is 3.41. The maximum atomic E-state index is 13.0. The summed E-state index contributed by atoms with van der Waals surface area (Å²) in [5.74, 6) is 0.925. The van der Waals surface area contributed by atoms with Gasteiger partial charge in [0.15, 0.2) is 5.82 Å². The standard InChI is InChI=1S/C25H24N4O/c1-17(2)14-18-9-11-20(12-10-18)24-28-22-8-4-3-7-21(22)23(29-24)25(30)27-16-19-6-5-13-26-15-19/h3-13,15,17H,14,16H2,1-2H3,(H,27,30). The zero-order valence-corrected chi connectivity index (χ0v) is 17.2. The quantitative estimate of drug-likeness (QED) is 0.507. The third kappa shape index (κ3) is 4.51. The fraction of sp³-hybridized carbons (Fsp3) is 0.200. The molecule has 30 heavy (non-hydrogen) atoms. The number of carbonyl (C=O) groups is 1. The average molecular weight is 396 g/mol. The number of hydrogen-bond acceptors (Lipinski definition) is 4. The van der Waals surface area contributed by atoms with E-state index in [0.29, 0.717) is 24.0 Å². The van der Waals surface area contributed by atoms with E-state index >= 15 is 0 Å². The molecule has 5 heteroatoms. The summed E-state index contributed by atoms with van der Waals surface area (Å²) in [5.41, 5.74) is 4.25. The van der Waals surface area contributed by atoms with Crippen molar-refractivity contribution in [3.63, 3.8) is 0 Å². The van der Waals surface area contributed by atoms with E-state index in [2.05, 4.69) is 41.3 Å². The minimum absolute atomic E-state index is 0.227. The molecule has 4 rings (SSSR count). The number of pyridine rings is 1. The van der Waals surface area contributed by atoms with Crippen molar-refractivity contribution in [3.05, 3.63) is 89.9 Å². The smallest absolute Gasteiger partial charge is 0.270 e. The number of aromatic nitrogens is 3. The molecule has 2 heterocycles. The molecule has 0 atom stereocenters. The van der Waals surface area contributed by atoms with Crippen LogP contribution in [0, 0.1) is 5.92 Å². The Bertz CT molecular complexity index is 1150. The first-order valence-corrected chi connectivity index (χ1v) is 10.1. The predicted octanol–water partition coefficient (Wildman–Crippen LogP) is 4.82. The van der Waals surface area contributed by atoms with Crippen molar-refractivity contribution in [2.75, 3.05) is 0 Å². The zero-order valence-electron chi connectivity index (χ0n) is 17.2. The molecule has 0 fully saturated rings. The number of hydrogen-bond donors (Lipinski definition) is 1. The number of rotatable bonds is 6. The van der Waals surface area contributed by atoms with E-state index in [-0.39, 0.29) is 5.91 Å². The second kappa shape index (κ2) is 8.82. The topological polar surface area (TPSA) is 67.8 Å². The van der Waals surface area contributed by atoms with Gasteiger partial charge in [0.05, 0.1) is 5.52 Å². The Morgan fingerprint density at radius 3 is 2.47 bits per heavy atom. The van der Waals surface area contributed by atoms with Crippen LogP contribution in [0.25, 0.3) is 22.3 Å². The summed E-state index contributed by atoms with van der Waals surface area (Å²) >= 11 is 0. The summed E-state index contributed by atoms with van der Waals surface area (Å²) in [6.45, 7) is 4.80. The van der Waals surface area contributed by atoms with E-state index in [4.69, 9.17) is 4.98 Å². The molecule has 0 bridgehead atoms. The van der Waals surface area contributed by atoms with Crippen molar-refractivity contribution in [2.24, 2.45) is 5.92 Å². The lowest BCUT2D eigenvalue weighted by Crippen LogP contribution is -2.24. The van der Waals surface area contributed by atoms with Gasteiger partial charge in [-0.3, -0.25) is 9.78 Å². The van der Waals surface area contributed by atoms with Crippen LogP contribution in [-0.4, -0.2) is 20.9 Å². The molecule has 0 aliphatic heterocycles. The minimum atomic E-state index is -0.227. The molecule has 1 amide bonds. The first-order chi connectivity index (χ1) is 14.6. The lowest BCUT2D eigenvalue weighted by Gasteiger charge is -2.10. The van der Waals surface area contributed by atoms with Crippen molar-refractivity contribution in [1.29, 1.82) is 0 Å². The van der Waals surface area contributed by atoms with E-state index in [9.17, 15) is 4.79 Å². The van der Waals surface area contributed by atoms with Gasteiger partial charge in [0.1, 0.15) is 5.69 Å². The summed E-state index contributed by atoms with van der Waals surface area (Å²) in [6.07, 6.45) is 4.48. The monoisotopic (exact) mass is 396 g/mol. The molecule has 0 aliphatic rings. The van der Waals surface area contributed by atoms with Gasteiger partial charge in [0.25, 0.3) is 5.91 Å². The van der Waals surface area contributed by atoms with Crippen LogP contribution in [0.2, 0.25) is 0 Å².